The van der Waals surface area contributed by atoms with Crippen molar-refractivity contribution < 1.29 is 9.59 Å². The van der Waals surface area contributed by atoms with Gasteiger partial charge in [-0.05, 0) is 43.2 Å². The lowest BCUT2D eigenvalue weighted by Gasteiger charge is -2.52. The normalized spacial score (nSPS) is 28.0. The minimum atomic E-state index is 0.183. The van der Waals surface area contributed by atoms with E-state index in [0.29, 0.717) is 36.9 Å². The summed E-state index contributed by atoms with van der Waals surface area (Å²) in [6, 6.07) is 6.30. The van der Waals surface area contributed by atoms with Gasteiger partial charge >= 0.3 is 0 Å². The van der Waals surface area contributed by atoms with Gasteiger partial charge in [0.2, 0.25) is 11.8 Å². The quantitative estimate of drug-likeness (QED) is 0.787. The zero-order valence-electron chi connectivity index (χ0n) is 16.2. The molecule has 4 heterocycles. The standard InChI is InChI=1S/C21H30N4O2/c1-23(10-8-18-5-2-3-9-22-18)21(27)15-24-12-16-11-17(14-24)19-6-4-7-20(26)25(19)13-16/h2-3,5,9,16-17,19H,4,6-8,10-15H2,1H3/t16?,17?,19-/m1/s1. The van der Waals surface area contributed by atoms with E-state index in [1.165, 1.54) is 6.42 Å². The third-order valence-corrected chi connectivity index (χ3v) is 6.47. The van der Waals surface area contributed by atoms with E-state index in [2.05, 4.69) is 14.8 Å². The van der Waals surface area contributed by atoms with Gasteiger partial charge in [-0.1, -0.05) is 6.07 Å². The molecule has 3 fully saturated rings. The Kier molecular flexibility index (Phi) is 5.43. The largest absolute Gasteiger partial charge is 0.344 e. The number of hydrogen-bond donors (Lipinski definition) is 0. The first kappa shape index (κ1) is 18.4. The number of likely N-dealkylation sites (tertiary alicyclic amines) is 1. The van der Waals surface area contributed by atoms with E-state index < -0.39 is 0 Å². The van der Waals surface area contributed by atoms with E-state index in [-0.39, 0.29) is 5.91 Å². The highest BCUT2D eigenvalue weighted by atomic mass is 16.2. The summed E-state index contributed by atoms with van der Waals surface area (Å²) in [5.74, 6) is 1.59. The van der Waals surface area contributed by atoms with Crippen molar-refractivity contribution in [1.29, 1.82) is 0 Å². The third kappa shape index (κ3) is 4.15. The van der Waals surface area contributed by atoms with Gasteiger partial charge in [-0.15, -0.1) is 0 Å². The van der Waals surface area contributed by atoms with E-state index in [1.54, 1.807) is 6.20 Å². The lowest BCUT2D eigenvalue weighted by atomic mass is 9.76. The Balaban J connectivity index is 1.30. The summed E-state index contributed by atoms with van der Waals surface area (Å²) in [7, 11) is 1.89. The molecule has 27 heavy (non-hydrogen) atoms. The second-order valence-electron chi connectivity index (χ2n) is 8.45. The zero-order valence-corrected chi connectivity index (χ0v) is 16.2. The number of nitrogens with zero attached hydrogens (tertiary/aromatic N) is 4. The maximum atomic E-state index is 12.7. The van der Waals surface area contributed by atoms with Crippen molar-refractivity contribution in [3.8, 4) is 0 Å². The Labute approximate surface area is 161 Å². The highest BCUT2D eigenvalue weighted by Gasteiger charge is 2.44. The van der Waals surface area contributed by atoms with Gasteiger partial charge < -0.3 is 9.80 Å². The molecule has 2 unspecified atom stereocenters. The topological polar surface area (TPSA) is 56.8 Å². The van der Waals surface area contributed by atoms with Crippen molar-refractivity contribution >= 4 is 11.8 Å². The summed E-state index contributed by atoms with van der Waals surface area (Å²) in [5, 5.41) is 0. The summed E-state index contributed by atoms with van der Waals surface area (Å²) in [6.07, 6.45) is 6.68. The van der Waals surface area contributed by atoms with Crippen LogP contribution >= 0.6 is 0 Å². The number of piperidine rings is 3. The highest BCUT2D eigenvalue weighted by Crippen LogP contribution is 2.37. The van der Waals surface area contributed by atoms with E-state index >= 15 is 0 Å². The van der Waals surface area contributed by atoms with Gasteiger partial charge in [0.05, 0.1) is 6.54 Å². The fourth-order valence-corrected chi connectivity index (χ4v) is 5.11. The van der Waals surface area contributed by atoms with Crippen LogP contribution in [0.25, 0.3) is 0 Å². The van der Waals surface area contributed by atoms with Gasteiger partial charge in [0.1, 0.15) is 0 Å². The van der Waals surface area contributed by atoms with Crippen molar-refractivity contribution in [1.82, 2.24) is 19.7 Å². The molecule has 2 bridgehead atoms. The summed E-state index contributed by atoms with van der Waals surface area (Å²) in [6.45, 7) is 3.96. The van der Waals surface area contributed by atoms with Crippen LogP contribution in [0.1, 0.15) is 31.4 Å². The van der Waals surface area contributed by atoms with Crippen LogP contribution in [0.5, 0.6) is 0 Å². The van der Waals surface area contributed by atoms with Crippen LogP contribution < -0.4 is 0 Å². The van der Waals surface area contributed by atoms with E-state index in [9.17, 15) is 9.59 Å². The fraction of sp³-hybridized carbons (Fsp3) is 0.667. The molecule has 3 atom stereocenters. The second kappa shape index (κ2) is 7.97. The number of amides is 2. The van der Waals surface area contributed by atoms with Crippen LogP contribution in [0.3, 0.4) is 0 Å². The number of hydrogen-bond acceptors (Lipinski definition) is 4. The highest BCUT2D eigenvalue weighted by molar-refractivity contribution is 5.78. The Morgan fingerprint density at radius 3 is 3.00 bits per heavy atom. The molecule has 0 radical (unpaired) electrons. The Hall–Kier alpha value is -1.95. The first-order valence-corrected chi connectivity index (χ1v) is 10.3. The van der Waals surface area contributed by atoms with Crippen LogP contribution in [0, 0.1) is 11.8 Å². The molecule has 6 heteroatoms. The van der Waals surface area contributed by atoms with Crippen molar-refractivity contribution in [3.05, 3.63) is 30.1 Å². The van der Waals surface area contributed by atoms with Crippen LogP contribution in [0.2, 0.25) is 0 Å². The van der Waals surface area contributed by atoms with Crippen LogP contribution in [-0.2, 0) is 16.0 Å². The molecule has 4 rings (SSSR count). The molecular formula is C21H30N4O2. The summed E-state index contributed by atoms with van der Waals surface area (Å²) in [5.41, 5.74) is 1.02. The molecule has 1 aromatic rings. The summed E-state index contributed by atoms with van der Waals surface area (Å²) < 4.78 is 0. The number of aromatic nitrogens is 1. The number of carbonyl (C=O) groups is 2. The lowest BCUT2D eigenvalue weighted by Crippen LogP contribution is -2.61. The number of rotatable bonds is 5. The van der Waals surface area contributed by atoms with Crippen molar-refractivity contribution in [2.75, 3.05) is 39.8 Å². The van der Waals surface area contributed by atoms with E-state index in [1.807, 2.05) is 30.1 Å². The van der Waals surface area contributed by atoms with Gasteiger partial charge in [0.15, 0.2) is 0 Å². The first-order valence-electron chi connectivity index (χ1n) is 10.3. The molecular weight excluding hydrogens is 340 g/mol. The molecule has 3 saturated heterocycles. The summed E-state index contributed by atoms with van der Waals surface area (Å²) in [4.78, 5) is 35.6. The van der Waals surface area contributed by atoms with Crippen molar-refractivity contribution in [2.24, 2.45) is 11.8 Å². The van der Waals surface area contributed by atoms with Crippen molar-refractivity contribution in [2.45, 2.75) is 38.1 Å². The Morgan fingerprint density at radius 2 is 2.19 bits per heavy atom. The van der Waals surface area contributed by atoms with Gasteiger partial charge in [-0.3, -0.25) is 19.5 Å². The SMILES string of the molecule is CN(CCc1ccccn1)C(=O)CN1CC2CC(C1)[C@H]1CCCC(=O)N1C2. The predicted octanol–water partition coefficient (Wildman–Crippen LogP) is 1.42. The van der Waals surface area contributed by atoms with Gasteiger partial charge in [-0.2, -0.15) is 0 Å². The van der Waals surface area contributed by atoms with Crippen LogP contribution in [0.15, 0.2) is 24.4 Å². The molecule has 2 amide bonds. The lowest BCUT2D eigenvalue weighted by molar-refractivity contribution is -0.146. The minimum Gasteiger partial charge on any atom is -0.344 e. The summed E-state index contributed by atoms with van der Waals surface area (Å²) >= 11 is 0. The Morgan fingerprint density at radius 1 is 1.30 bits per heavy atom. The van der Waals surface area contributed by atoms with Gasteiger partial charge in [-0.25, -0.2) is 0 Å². The second-order valence-corrected chi connectivity index (χ2v) is 8.45. The average molecular weight is 370 g/mol. The molecule has 1 aromatic heterocycles. The third-order valence-electron chi connectivity index (χ3n) is 6.47. The van der Waals surface area contributed by atoms with Gasteiger partial charge in [0, 0.05) is 64.0 Å². The van der Waals surface area contributed by atoms with Crippen LogP contribution in [-0.4, -0.2) is 77.3 Å². The fourth-order valence-electron chi connectivity index (χ4n) is 5.11. The predicted molar refractivity (Wildman–Crippen MR) is 103 cm³/mol. The molecule has 0 N–H and O–H groups in total. The Bertz CT molecular complexity index is 680. The molecule has 0 spiro atoms. The maximum Gasteiger partial charge on any atom is 0.236 e. The zero-order chi connectivity index (χ0) is 18.8. The smallest absolute Gasteiger partial charge is 0.236 e. The minimum absolute atomic E-state index is 0.183. The molecule has 0 aliphatic carbocycles. The van der Waals surface area contributed by atoms with Gasteiger partial charge in [0.25, 0.3) is 0 Å². The monoisotopic (exact) mass is 370 g/mol. The molecule has 3 aliphatic heterocycles. The molecule has 3 aliphatic rings. The molecule has 0 aromatic carbocycles. The number of pyridine rings is 1. The van der Waals surface area contributed by atoms with E-state index in [4.69, 9.17) is 0 Å². The number of likely N-dealkylation sites (N-methyl/N-ethyl adjacent to an activating group) is 1. The molecule has 6 nitrogen and oxygen atoms in total. The van der Waals surface area contributed by atoms with Crippen LogP contribution in [0.4, 0.5) is 0 Å². The average Bonchev–Trinajstić information content (AvgIpc) is 2.67. The molecule has 0 saturated carbocycles. The van der Waals surface area contributed by atoms with E-state index in [0.717, 1.165) is 51.0 Å². The first-order chi connectivity index (χ1) is 13.1. The maximum absolute atomic E-state index is 12.7. The van der Waals surface area contributed by atoms with Crippen molar-refractivity contribution in [3.63, 3.8) is 0 Å². The number of fused-ring (bicyclic) bond motifs is 4. The number of carbonyl (C=O) groups excluding carboxylic acids is 2. The molecule has 146 valence electrons.